The van der Waals surface area contributed by atoms with E-state index in [0.717, 1.165) is 5.56 Å². The zero-order valence-corrected chi connectivity index (χ0v) is 20.1. The molecule has 12 heteroatoms. The van der Waals surface area contributed by atoms with Crippen molar-refractivity contribution in [1.29, 1.82) is 0 Å². The Morgan fingerprint density at radius 2 is 1.94 bits per heavy atom. The van der Waals surface area contributed by atoms with Crippen LogP contribution in [-0.2, 0) is 16.0 Å². The van der Waals surface area contributed by atoms with E-state index in [9.17, 15) is 15.0 Å². The van der Waals surface area contributed by atoms with Gasteiger partial charge in [0.2, 0.25) is 5.91 Å². The largest absolute Gasteiger partial charge is 0.497 e. The quantitative estimate of drug-likeness (QED) is 0.382. The lowest BCUT2D eigenvalue weighted by atomic mass is 10.0. The zero-order valence-electron chi connectivity index (χ0n) is 20.1. The van der Waals surface area contributed by atoms with Gasteiger partial charge in [-0.3, -0.25) is 9.36 Å². The van der Waals surface area contributed by atoms with E-state index in [0.29, 0.717) is 29.2 Å². The highest BCUT2D eigenvalue weighted by molar-refractivity contribution is 5.83. The molecular weight excluding hydrogens is 454 g/mol. The number of aliphatic hydroxyl groups excluding tert-OH is 2. The van der Waals surface area contributed by atoms with Crippen LogP contribution in [0, 0.1) is 0 Å². The molecule has 2 aromatic heterocycles. The fourth-order valence-electron chi connectivity index (χ4n) is 4.45. The van der Waals surface area contributed by atoms with E-state index in [1.807, 2.05) is 31.1 Å². The van der Waals surface area contributed by atoms with E-state index in [-0.39, 0.29) is 5.91 Å². The minimum Gasteiger partial charge on any atom is -0.497 e. The number of likely N-dealkylation sites (N-methyl/N-ethyl adjacent to an activating group) is 1. The van der Waals surface area contributed by atoms with Crippen molar-refractivity contribution in [1.82, 2.24) is 24.4 Å². The molecule has 3 aromatic rings. The number of nitrogens with zero attached hydrogens (tertiary/aromatic N) is 6. The first-order valence-electron chi connectivity index (χ1n) is 11.2. The summed E-state index contributed by atoms with van der Waals surface area (Å²) < 4.78 is 12.7. The van der Waals surface area contributed by atoms with Crippen LogP contribution in [0.1, 0.15) is 11.8 Å². The molecule has 1 saturated heterocycles. The van der Waals surface area contributed by atoms with Crippen LogP contribution in [0.15, 0.2) is 36.9 Å². The highest BCUT2D eigenvalue weighted by Gasteiger charge is 2.48. The van der Waals surface area contributed by atoms with E-state index in [1.54, 1.807) is 30.9 Å². The number of aromatic nitrogens is 4. The van der Waals surface area contributed by atoms with Gasteiger partial charge < -0.3 is 35.2 Å². The standard InChI is InChI=1S/C23H31N7O5/c1-28(2)20-17-21(26-11-25-20)30(12-27-17)23-19(32)18(16(10-31)35-23)29(3)22(33)15(24)9-13-5-7-14(34-4)8-6-13/h5-8,11-12,15-16,18-19,23,31-32H,9-10,24H2,1-4H3/t15-,16+,18-,19-,23-/m1/s1. The first-order valence-corrected chi connectivity index (χ1v) is 11.2. The van der Waals surface area contributed by atoms with Gasteiger partial charge in [-0.2, -0.15) is 0 Å². The summed E-state index contributed by atoms with van der Waals surface area (Å²) in [5, 5.41) is 21.2. The van der Waals surface area contributed by atoms with Crippen LogP contribution >= 0.6 is 0 Å². The number of carbonyl (C=O) groups is 1. The molecule has 0 radical (unpaired) electrons. The van der Waals surface area contributed by atoms with Crippen molar-refractivity contribution < 1.29 is 24.5 Å². The smallest absolute Gasteiger partial charge is 0.240 e. The zero-order chi connectivity index (χ0) is 25.3. The maximum absolute atomic E-state index is 13.2. The minimum atomic E-state index is -1.16. The van der Waals surface area contributed by atoms with Gasteiger partial charge in [-0.1, -0.05) is 12.1 Å². The number of methoxy groups -OCH3 is 1. The Morgan fingerprint density at radius 1 is 1.23 bits per heavy atom. The van der Waals surface area contributed by atoms with Gasteiger partial charge in [0, 0.05) is 21.1 Å². The summed E-state index contributed by atoms with van der Waals surface area (Å²) in [7, 11) is 6.82. The fourth-order valence-corrected chi connectivity index (χ4v) is 4.45. The number of ether oxygens (including phenoxy) is 2. The maximum Gasteiger partial charge on any atom is 0.240 e. The lowest BCUT2D eigenvalue weighted by Gasteiger charge is -2.31. The topological polar surface area (TPSA) is 152 Å². The van der Waals surface area contributed by atoms with Crippen LogP contribution < -0.4 is 15.4 Å². The predicted molar refractivity (Wildman–Crippen MR) is 128 cm³/mol. The van der Waals surface area contributed by atoms with Crippen molar-refractivity contribution in [3.8, 4) is 5.75 Å². The Morgan fingerprint density at radius 3 is 2.57 bits per heavy atom. The van der Waals surface area contributed by atoms with E-state index in [2.05, 4.69) is 15.0 Å². The third-order valence-electron chi connectivity index (χ3n) is 6.28. The summed E-state index contributed by atoms with van der Waals surface area (Å²) >= 11 is 0. The minimum absolute atomic E-state index is 0.306. The lowest BCUT2D eigenvalue weighted by Crippen LogP contribution is -2.54. The number of benzene rings is 1. The second kappa shape index (κ2) is 10.1. The molecule has 1 fully saturated rings. The summed E-state index contributed by atoms with van der Waals surface area (Å²) in [5.41, 5.74) is 8.11. The molecular formula is C23H31N7O5. The van der Waals surface area contributed by atoms with Crippen LogP contribution in [0.5, 0.6) is 5.75 Å². The molecule has 188 valence electrons. The predicted octanol–water partition coefficient (Wildman–Crippen LogP) is -0.451. The normalized spacial score (nSPS) is 22.8. The summed E-state index contributed by atoms with van der Waals surface area (Å²) in [5.74, 6) is 0.956. The molecule has 35 heavy (non-hydrogen) atoms. The van der Waals surface area contributed by atoms with Gasteiger partial charge in [0.15, 0.2) is 23.2 Å². The number of imidazole rings is 1. The number of carbonyl (C=O) groups excluding carboxylic acids is 1. The molecule has 3 heterocycles. The molecule has 0 aliphatic carbocycles. The third-order valence-corrected chi connectivity index (χ3v) is 6.28. The van der Waals surface area contributed by atoms with Gasteiger partial charge in [-0.05, 0) is 24.1 Å². The van der Waals surface area contributed by atoms with Gasteiger partial charge >= 0.3 is 0 Å². The van der Waals surface area contributed by atoms with Crippen LogP contribution in [0.25, 0.3) is 11.2 Å². The van der Waals surface area contributed by atoms with E-state index in [1.165, 1.54) is 17.6 Å². The van der Waals surface area contributed by atoms with Crippen molar-refractivity contribution in [3.05, 3.63) is 42.5 Å². The molecule has 12 nitrogen and oxygen atoms in total. The molecule has 1 aromatic carbocycles. The highest BCUT2D eigenvalue weighted by atomic mass is 16.5. The van der Waals surface area contributed by atoms with Crippen LogP contribution in [0.4, 0.5) is 5.82 Å². The Kier molecular flexibility index (Phi) is 7.17. The Bertz CT molecular complexity index is 1170. The molecule has 1 aliphatic heterocycles. The summed E-state index contributed by atoms with van der Waals surface area (Å²) in [6.07, 6.45) is 0.315. The number of aliphatic hydroxyl groups is 2. The van der Waals surface area contributed by atoms with Crippen molar-refractivity contribution in [3.63, 3.8) is 0 Å². The molecule has 1 amide bonds. The van der Waals surface area contributed by atoms with Crippen LogP contribution in [-0.4, -0.2) is 99.7 Å². The van der Waals surface area contributed by atoms with Crippen molar-refractivity contribution in [2.75, 3.05) is 39.8 Å². The average Bonchev–Trinajstić information content (AvgIpc) is 3.43. The SMILES string of the molecule is COc1ccc(C[C@@H](N)C(=O)N(C)[C@H]2[C@@H](O)[C@H](n3cnc4c(N(C)C)ncnc43)O[C@H]2CO)cc1. The molecule has 1 aliphatic rings. The highest BCUT2D eigenvalue weighted by Crippen LogP contribution is 2.34. The van der Waals surface area contributed by atoms with E-state index < -0.39 is 37.1 Å². The Balaban J connectivity index is 1.54. The Labute approximate surface area is 202 Å². The summed E-state index contributed by atoms with van der Waals surface area (Å²) in [4.78, 5) is 29.3. The van der Waals surface area contributed by atoms with Gasteiger partial charge in [-0.25, -0.2) is 15.0 Å². The first-order chi connectivity index (χ1) is 16.8. The van der Waals surface area contributed by atoms with Gasteiger partial charge in [0.1, 0.15) is 24.3 Å². The van der Waals surface area contributed by atoms with E-state index in [4.69, 9.17) is 15.2 Å². The molecule has 5 atom stereocenters. The van der Waals surface area contributed by atoms with Crippen LogP contribution in [0.3, 0.4) is 0 Å². The molecule has 4 rings (SSSR count). The van der Waals surface area contributed by atoms with Gasteiger partial charge in [0.25, 0.3) is 0 Å². The first kappa shape index (κ1) is 24.8. The van der Waals surface area contributed by atoms with Gasteiger partial charge in [0.05, 0.1) is 32.1 Å². The third kappa shape index (κ3) is 4.65. The molecule has 0 spiro atoms. The Hall–Kier alpha value is -3.32. The monoisotopic (exact) mass is 485 g/mol. The number of anilines is 1. The van der Waals surface area contributed by atoms with Crippen LogP contribution in [0.2, 0.25) is 0 Å². The summed E-state index contributed by atoms with van der Waals surface area (Å²) in [6, 6.07) is 5.63. The molecule has 4 N–H and O–H groups in total. The lowest BCUT2D eigenvalue weighted by molar-refractivity contribution is -0.136. The molecule has 0 unspecified atom stereocenters. The maximum atomic E-state index is 13.2. The second-order valence-corrected chi connectivity index (χ2v) is 8.75. The number of hydrogen-bond acceptors (Lipinski definition) is 10. The summed E-state index contributed by atoms with van der Waals surface area (Å²) in [6.45, 7) is -0.395. The average molecular weight is 486 g/mol. The second-order valence-electron chi connectivity index (χ2n) is 8.75. The number of fused-ring (bicyclic) bond motifs is 1. The fraction of sp³-hybridized carbons (Fsp3) is 0.478. The van der Waals surface area contributed by atoms with E-state index >= 15 is 0 Å². The van der Waals surface area contributed by atoms with Crippen molar-refractivity contribution in [2.45, 2.75) is 36.9 Å². The van der Waals surface area contributed by atoms with Crippen molar-refractivity contribution >= 4 is 22.9 Å². The van der Waals surface area contributed by atoms with Gasteiger partial charge in [-0.15, -0.1) is 0 Å². The number of rotatable bonds is 8. The van der Waals surface area contributed by atoms with Crippen molar-refractivity contribution in [2.24, 2.45) is 5.73 Å². The number of nitrogens with two attached hydrogens (primary N) is 1. The number of hydrogen-bond donors (Lipinski definition) is 3. The number of amides is 1. The molecule has 0 bridgehead atoms. The molecule has 0 saturated carbocycles.